The molecule has 3 atom stereocenters. The lowest BCUT2D eigenvalue weighted by Gasteiger charge is -2.20. The predicted octanol–water partition coefficient (Wildman–Crippen LogP) is 7.24. The number of halogens is 4. The van der Waals surface area contributed by atoms with Crippen LogP contribution in [0, 0.1) is 41.0 Å². The molecule has 4 rings (SSSR count). The van der Waals surface area contributed by atoms with Gasteiger partial charge in [0.1, 0.15) is 0 Å². The zero-order valence-electron chi connectivity index (χ0n) is 16.3. The third-order valence-corrected chi connectivity index (χ3v) is 6.65. The lowest BCUT2D eigenvalue weighted by Crippen LogP contribution is -2.12. The van der Waals surface area contributed by atoms with Crippen LogP contribution in [0.25, 0.3) is 16.7 Å². The second-order valence-electron chi connectivity index (χ2n) is 8.19. The minimum atomic E-state index is -1.48. The van der Waals surface area contributed by atoms with Crippen molar-refractivity contribution in [2.75, 3.05) is 0 Å². The molecule has 1 nitrogen and oxygen atoms in total. The van der Waals surface area contributed by atoms with Crippen molar-refractivity contribution in [3.05, 3.63) is 59.2 Å². The number of benzene rings is 2. The fraction of sp³-hybridized carbons (Fsp3) is 0.417. The Balaban J connectivity index is 1.65. The molecule has 2 aliphatic rings. The number of rotatable bonds is 5. The maximum absolute atomic E-state index is 15.0. The van der Waals surface area contributed by atoms with Gasteiger partial charge >= 0.3 is 0 Å². The Hall–Kier alpha value is -2.30. The van der Waals surface area contributed by atoms with Crippen molar-refractivity contribution in [2.45, 2.75) is 45.4 Å². The van der Waals surface area contributed by atoms with Gasteiger partial charge in [0, 0.05) is 16.7 Å². The van der Waals surface area contributed by atoms with Crippen LogP contribution in [0.2, 0.25) is 0 Å². The summed E-state index contributed by atoms with van der Waals surface area (Å²) >= 11 is 0. The third kappa shape index (κ3) is 3.34. The Morgan fingerprint density at radius 3 is 2.21 bits per heavy atom. The first-order valence-electron chi connectivity index (χ1n) is 10.3. The summed E-state index contributed by atoms with van der Waals surface area (Å²) in [6, 6.07) is 4.73. The van der Waals surface area contributed by atoms with Gasteiger partial charge in [0.05, 0.1) is 0 Å². The largest absolute Gasteiger partial charge is 0.505 e. The summed E-state index contributed by atoms with van der Waals surface area (Å²) in [4.78, 5) is 0. The van der Waals surface area contributed by atoms with Gasteiger partial charge in [-0.25, -0.2) is 13.2 Å². The molecule has 1 N–H and O–H groups in total. The van der Waals surface area contributed by atoms with Crippen LogP contribution >= 0.6 is 0 Å². The number of fused-ring (bicyclic) bond motifs is 1. The number of aromatic hydroxyl groups is 1. The van der Waals surface area contributed by atoms with Gasteiger partial charge in [-0.05, 0) is 54.7 Å². The molecule has 1 saturated carbocycles. The summed E-state index contributed by atoms with van der Waals surface area (Å²) in [5, 5.41) is 9.26. The molecule has 29 heavy (non-hydrogen) atoms. The van der Waals surface area contributed by atoms with Crippen LogP contribution in [0.5, 0.6) is 5.75 Å². The molecule has 3 unspecified atom stereocenters. The zero-order valence-corrected chi connectivity index (χ0v) is 16.3. The highest BCUT2D eigenvalue weighted by Gasteiger charge is 2.41. The summed E-state index contributed by atoms with van der Waals surface area (Å²) in [6.45, 7) is 2.17. The maximum atomic E-state index is 15.0. The van der Waals surface area contributed by atoms with E-state index in [0.29, 0.717) is 11.8 Å². The molecule has 154 valence electrons. The van der Waals surface area contributed by atoms with Crippen molar-refractivity contribution in [1.82, 2.24) is 0 Å². The minimum absolute atomic E-state index is 0.217. The summed E-state index contributed by atoms with van der Waals surface area (Å²) in [5.74, 6) is -4.61. The van der Waals surface area contributed by atoms with E-state index in [-0.39, 0.29) is 17.0 Å². The molecule has 2 aromatic rings. The standard InChI is InChI=1S/C24H24F4O/c1-2-3-4-13-5-6-15-14(13)7-8-16(15)17-9-10-18(22(26)21(17)25)19-11-12-20(29)24(28)23(19)27/h8-15,29H,2-7H2,1H3. The van der Waals surface area contributed by atoms with Crippen LogP contribution in [-0.2, 0) is 0 Å². The molecule has 0 bridgehead atoms. The van der Waals surface area contributed by atoms with Gasteiger partial charge in [-0.15, -0.1) is 0 Å². The average Bonchev–Trinajstić information content (AvgIpc) is 3.30. The average molecular weight is 404 g/mol. The molecule has 1 fully saturated rings. The number of phenols is 1. The van der Waals surface area contributed by atoms with Gasteiger partial charge in [-0.1, -0.05) is 44.4 Å². The van der Waals surface area contributed by atoms with E-state index in [4.69, 9.17) is 0 Å². The van der Waals surface area contributed by atoms with Gasteiger partial charge in [0.2, 0.25) is 5.82 Å². The Kier molecular flexibility index (Phi) is 5.41. The van der Waals surface area contributed by atoms with Crippen molar-refractivity contribution in [2.24, 2.45) is 17.8 Å². The van der Waals surface area contributed by atoms with E-state index in [0.717, 1.165) is 43.4 Å². The molecule has 2 aromatic carbocycles. The first kappa shape index (κ1) is 20.0. The molecule has 0 aliphatic heterocycles. The lowest BCUT2D eigenvalue weighted by molar-refractivity contribution is 0.341. The molecule has 5 heteroatoms. The number of phenolic OH excluding ortho intramolecular Hbond substituents is 1. The van der Waals surface area contributed by atoms with E-state index >= 15 is 0 Å². The second kappa shape index (κ2) is 7.85. The first-order chi connectivity index (χ1) is 13.9. The van der Waals surface area contributed by atoms with E-state index < -0.39 is 34.6 Å². The summed E-state index contributed by atoms with van der Waals surface area (Å²) in [5.41, 5.74) is 0.288. The number of hydrogen-bond donors (Lipinski definition) is 1. The quantitative estimate of drug-likeness (QED) is 0.521. The van der Waals surface area contributed by atoms with Crippen LogP contribution in [-0.4, -0.2) is 5.11 Å². The zero-order chi connectivity index (χ0) is 20.7. The fourth-order valence-corrected chi connectivity index (χ4v) is 5.17. The summed E-state index contributed by atoms with van der Waals surface area (Å²) < 4.78 is 57.6. The van der Waals surface area contributed by atoms with Crippen LogP contribution < -0.4 is 0 Å². The van der Waals surface area contributed by atoms with Crippen LogP contribution in [0.1, 0.15) is 51.0 Å². The molecule has 0 radical (unpaired) electrons. The molecule has 0 heterocycles. The van der Waals surface area contributed by atoms with Gasteiger partial charge in [0.15, 0.2) is 23.2 Å². The van der Waals surface area contributed by atoms with E-state index in [9.17, 15) is 22.7 Å². The van der Waals surface area contributed by atoms with Crippen LogP contribution in [0.15, 0.2) is 30.3 Å². The molecule has 0 aromatic heterocycles. The second-order valence-corrected chi connectivity index (χ2v) is 8.19. The fourth-order valence-electron chi connectivity index (χ4n) is 5.17. The number of hydrogen-bond acceptors (Lipinski definition) is 1. The minimum Gasteiger partial charge on any atom is -0.505 e. The van der Waals surface area contributed by atoms with Crippen molar-refractivity contribution < 1.29 is 22.7 Å². The molecular formula is C24H24F4O. The first-order valence-corrected chi connectivity index (χ1v) is 10.3. The summed E-state index contributed by atoms with van der Waals surface area (Å²) in [7, 11) is 0. The highest BCUT2D eigenvalue weighted by atomic mass is 19.2. The van der Waals surface area contributed by atoms with Crippen molar-refractivity contribution in [3.8, 4) is 16.9 Å². The highest BCUT2D eigenvalue weighted by molar-refractivity contribution is 5.74. The van der Waals surface area contributed by atoms with Gasteiger partial charge in [0.25, 0.3) is 0 Å². The van der Waals surface area contributed by atoms with Crippen LogP contribution in [0.4, 0.5) is 17.6 Å². The third-order valence-electron chi connectivity index (χ3n) is 6.65. The van der Waals surface area contributed by atoms with E-state index in [1.807, 2.05) is 6.08 Å². The Bertz CT molecular complexity index is 966. The van der Waals surface area contributed by atoms with Gasteiger partial charge in [-0.3, -0.25) is 0 Å². The lowest BCUT2D eigenvalue weighted by atomic mass is 9.84. The Labute approximate surface area is 168 Å². The van der Waals surface area contributed by atoms with Crippen molar-refractivity contribution in [1.29, 1.82) is 0 Å². The topological polar surface area (TPSA) is 20.2 Å². The molecule has 0 saturated heterocycles. The normalized spacial score (nSPS) is 23.3. The maximum Gasteiger partial charge on any atom is 0.200 e. The van der Waals surface area contributed by atoms with Crippen molar-refractivity contribution in [3.63, 3.8) is 0 Å². The van der Waals surface area contributed by atoms with E-state index in [2.05, 4.69) is 6.92 Å². The Morgan fingerprint density at radius 2 is 1.48 bits per heavy atom. The number of allylic oxidation sites excluding steroid dienone is 2. The predicted molar refractivity (Wildman–Crippen MR) is 105 cm³/mol. The monoisotopic (exact) mass is 404 g/mol. The molecule has 0 spiro atoms. The van der Waals surface area contributed by atoms with E-state index in [1.165, 1.54) is 25.0 Å². The van der Waals surface area contributed by atoms with Gasteiger partial charge in [-0.2, -0.15) is 4.39 Å². The molecule has 2 aliphatic carbocycles. The summed E-state index contributed by atoms with van der Waals surface area (Å²) in [6.07, 6.45) is 8.53. The highest BCUT2D eigenvalue weighted by Crippen LogP contribution is 2.53. The van der Waals surface area contributed by atoms with Crippen LogP contribution in [0.3, 0.4) is 0 Å². The van der Waals surface area contributed by atoms with Gasteiger partial charge < -0.3 is 5.11 Å². The Morgan fingerprint density at radius 1 is 0.862 bits per heavy atom. The van der Waals surface area contributed by atoms with Crippen molar-refractivity contribution >= 4 is 5.57 Å². The molecule has 0 amide bonds. The molecular weight excluding hydrogens is 380 g/mol. The SMILES string of the molecule is CCCCC1CCC2C(c3ccc(-c4ccc(O)c(F)c4F)c(F)c3F)=CCC12. The van der Waals surface area contributed by atoms with E-state index in [1.54, 1.807) is 0 Å². The number of unbranched alkanes of at least 4 members (excludes halogenated alkanes) is 1. The smallest absolute Gasteiger partial charge is 0.200 e.